The Morgan fingerprint density at radius 2 is 1.96 bits per heavy atom. The summed E-state index contributed by atoms with van der Waals surface area (Å²) in [5.41, 5.74) is 8.03. The zero-order valence-corrected chi connectivity index (χ0v) is 14.2. The number of anilines is 2. The zero-order valence-electron chi connectivity index (χ0n) is 14.2. The first-order valence-corrected chi connectivity index (χ1v) is 8.74. The SMILES string of the molecule is Nc1nc(NCC2CCN(Cc3ccccc3)CC2)cc2nncn12. The van der Waals surface area contributed by atoms with E-state index in [9.17, 15) is 0 Å². The van der Waals surface area contributed by atoms with E-state index in [1.807, 2.05) is 6.07 Å². The van der Waals surface area contributed by atoms with Crippen molar-refractivity contribution in [3.8, 4) is 0 Å². The Morgan fingerprint density at radius 3 is 2.76 bits per heavy atom. The van der Waals surface area contributed by atoms with Gasteiger partial charge in [0.2, 0.25) is 5.95 Å². The number of nitrogens with two attached hydrogens (primary N) is 1. The lowest BCUT2D eigenvalue weighted by atomic mass is 9.96. The summed E-state index contributed by atoms with van der Waals surface area (Å²) in [7, 11) is 0. The fourth-order valence-electron chi connectivity index (χ4n) is 3.38. The van der Waals surface area contributed by atoms with E-state index in [-0.39, 0.29) is 0 Å². The van der Waals surface area contributed by atoms with Crippen LogP contribution in [0.15, 0.2) is 42.7 Å². The second-order valence-electron chi connectivity index (χ2n) is 6.64. The average molecular weight is 337 g/mol. The van der Waals surface area contributed by atoms with E-state index in [4.69, 9.17) is 5.73 Å². The van der Waals surface area contributed by atoms with Crippen molar-refractivity contribution in [1.29, 1.82) is 0 Å². The number of benzene rings is 1. The van der Waals surface area contributed by atoms with Gasteiger partial charge in [-0.05, 0) is 37.4 Å². The molecule has 1 fully saturated rings. The molecule has 25 heavy (non-hydrogen) atoms. The minimum atomic E-state index is 0.405. The summed E-state index contributed by atoms with van der Waals surface area (Å²) < 4.78 is 1.67. The third kappa shape index (κ3) is 3.71. The Labute approximate surface area is 146 Å². The highest BCUT2D eigenvalue weighted by atomic mass is 15.3. The van der Waals surface area contributed by atoms with E-state index in [2.05, 4.69) is 55.7 Å². The number of aromatic nitrogens is 4. The van der Waals surface area contributed by atoms with Crippen LogP contribution in [0.3, 0.4) is 0 Å². The second kappa shape index (κ2) is 7.06. The van der Waals surface area contributed by atoms with Crippen molar-refractivity contribution in [2.75, 3.05) is 30.7 Å². The van der Waals surface area contributed by atoms with E-state index in [1.165, 1.54) is 18.4 Å². The van der Waals surface area contributed by atoms with Gasteiger partial charge in [-0.1, -0.05) is 30.3 Å². The van der Waals surface area contributed by atoms with Gasteiger partial charge in [-0.25, -0.2) is 0 Å². The van der Waals surface area contributed by atoms with Crippen LogP contribution < -0.4 is 11.1 Å². The summed E-state index contributed by atoms with van der Waals surface area (Å²) in [6.45, 7) is 4.23. The predicted octanol–water partition coefficient (Wildman–Crippen LogP) is 2.03. The minimum absolute atomic E-state index is 0.405. The Kier molecular flexibility index (Phi) is 4.47. The third-order valence-corrected chi connectivity index (χ3v) is 4.85. The van der Waals surface area contributed by atoms with Gasteiger partial charge in [0.1, 0.15) is 12.1 Å². The quantitative estimate of drug-likeness (QED) is 0.741. The van der Waals surface area contributed by atoms with E-state index >= 15 is 0 Å². The van der Waals surface area contributed by atoms with E-state index < -0.39 is 0 Å². The van der Waals surface area contributed by atoms with Crippen LogP contribution in [-0.2, 0) is 6.54 Å². The molecule has 2 aromatic heterocycles. The van der Waals surface area contributed by atoms with Crippen molar-refractivity contribution in [3.05, 3.63) is 48.3 Å². The molecular weight excluding hydrogens is 314 g/mol. The van der Waals surface area contributed by atoms with Crippen molar-refractivity contribution in [1.82, 2.24) is 24.5 Å². The molecule has 0 atom stereocenters. The van der Waals surface area contributed by atoms with Crippen LogP contribution >= 0.6 is 0 Å². The van der Waals surface area contributed by atoms with Gasteiger partial charge in [-0.2, -0.15) is 4.98 Å². The molecule has 130 valence electrons. The Bertz CT molecular complexity index is 822. The van der Waals surface area contributed by atoms with Gasteiger partial charge in [-0.15, -0.1) is 10.2 Å². The molecule has 4 rings (SSSR count). The van der Waals surface area contributed by atoms with E-state index in [1.54, 1.807) is 10.7 Å². The lowest BCUT2D eigenvalue weighted by Gasteiger charge is -2.32. The number of nitrogens with zero attached hydrogens (tertiary/aromatic N) is 5. The first-order chi connectivity index (χ1) is 12.3. The number of rotatable bonds is 5. The van der Waals surface area contributed by atoms with Crippen LogP contribution in [0.2, 0.25) is 0 Å². The Balaban J connectivity index is 1.28. The molecule has 0 unspecified atom stereocenters. The van der Waals surface area contributed by atoms with Gasteiger partial charge in [0.25, 0.3) is 0 Å². The molecule has 3 aromatic rings. The fraction of sp³-hybridized carbons (Fsp3) is 0.389. The highest BCUT2D eigenvalue weighted by Gasteiger charge is 2.19. The summed E-state index contributed by atoms with van der Waals surface area (Å²) in [4.78, 5) is 6.90. The first-order valence-electron chi connectivity index (χ1n) is 8.74. The van der Waals surface area contributed by atoms with Gasteiger partial charge >= 0.3 is 0 Å². The molecule has 0 radical (unpaired) electrons. The normalized spacial score (nSPS) is 16.3. The Morgan fingerprint density at radius 1 is 1.16 bits per heavy atom. The molecule has 0 saturated carbocycles. The average Bonchev–Trinajstić information content (AvgIpc) is 3.11. The summed E-state index contributed by atoms with van der Waals surface area (Å²) >= 11 is 0. The number of likely N-dealkylation sites (tertiary alicyclic amines) is 1. The van der Waals surface area contributed by atoms with Crippen LogP contribution in [-0.4, -0.2) is 44.1 Å². The number of fused-ring (bicyclic) bond motifs is 1. The lowest BCUT2D eigenvalue weighted by Crippen LogP contribution is -2.35. The number of nitrogen functional groups attached to an aromatic ring is 1. The van der Waals surface area contributed by atoms with Gasteiger partial charge in [0.05, 0.1) is 0 Å². The van der Waals surface area contributed by atoms with Crippen molar-refractivity contribution in [2.45, 2.75) is 19.4 Å². The van der Waals surface area contributed by atoms with Crippen LogP contribution in [0.1, 0.15) is 18.4 Å². The minimum Gasteiger partial charge on any atom is -0.370 e. The largest absolute Gasteiger partial charge is 0.370 e. The topological polar surface area (TPSA) is 84.4 Å². The molecule has 1 aliphatic rings. The monoisotopic (exact) mass is 337 g/mol. The molecule has 7 nitrogen and oxygen atoms in total. The maximum Gasteiger partial charge on any atom is 0.209 e. The second-order valence-corrected chi connectivity index (χ2v) is 6.64. The van der Waals surface area contributed by atoms with E-state index in [0.717, 1.165) is 32.0 Å². The van der Waals surface area contributed by atoms with Crippen molar-refractivity contribution in [3.63, 3.8) is 0 Å². The van der Waals surface area contributed by atoms with Crippen LogP contribution in [0.25, 0.3) is 5.65 Å². The Hall–Kier alpha value is -2.67. The number of hydrogen-bond acceptors (Lipinski definition) is 6. The standard InChI is InChI=1S/C18H23N7/c19-18-22-16(10-17-23-21-13-25(17)18)20-11-14-6-8-24(9-7-14)12-15-4-2-1-3-5-15/h1-5,10,13-14,20H,6-9,11-12H2,(H2,19,22). The molecule has 1 aliphatic heterocycles. The van der Waals surface area contributed by atoms with Crippen LogP contribution in [0.5, 0.6) is 0 Å². The van der Waals surface area contributed by atoms with Gasteiger partial charge < -0.3 is 11.1 Å². The molecule has 3 N–H and O–H groups in total. The summed E-state index contributed by atoms with van der Waals surface area (Å²) in [6.07, 6.45) is 3.97. The molecule has 0 aliphatic carbocycles. The smallest absolute Gasteiger partial charge is 0.209 e. The fourth-order valence-corrected chi connectivity index (χ4v) is 3.38. The van der Waals surface area contributed by atoms with Gasteiger partial charge in [-0.3, -0.25) is 9.30 Å². The molecule has 0 bridgehead atoms. The molecular formula is C18H23N7. The van der Waals surface area contributed by atoms with Gasteiger partial charge in [0.15, 0.2) is 5.65 Å². The maximum atomic E-state index is 5.93. The van der Waals surface area contributed by atoms with Crippen LogP contribution in [0, 0.1) is 5.92 Å². The van der Waals surface area contributed by atoms with E-state index in [0.29, 0.717) is 17.5 Å². The molecule has 1 saturated heterocycles. The number of piperidine rings is 1. The van der Waals surface area contributed by atoms with Crippen molar-refractivity contribution < 1.29 is 0 Å². The number of hydrogen-bond donors (Lipinski definition) is 2. The predicted molar refractivity (Wildman–Crippen MR) is 98.1 cm³/mol. The van der Waals surface area contributed by atoms with Crippen molar-refractivity contribution in [2.24, 2.45) is 5.92 Å². The highest BCUT2D eigenvalue weighted by molar-refractivity contribution is 5.53. The zero-order chi connectivity index (χ0) is 17.1. The van der Waals surface area contributed by atoms with Crippen molar-refractivity contribution >= 4 is 17.4 Å². The summed E-state index contributed by atoms with van der Waals surface area (Å²) in [5.74, 6) is 1.83. The molecule has 7 heteroatoms. The maximum absolute atomic E-state index is 5.93. The summed E-state index contributed by atoms with van der Waals surface area (Å²) in [6, 6.07) is 12.6. The molecule has 3 heterocycles. The third-order valence-electron chi connectivity index (χ3n) is 4.85. The van der Waals surface area contributed by atoms with Crippen LogP contribution in [0.4, 0.5) is 11.8 Å². The lowest BCUT2D eigenvalue weighted by molar-refractivity contribution is 0.182. The highest BCUT2D eigenvalue weighted by Crippen LogP contribution is 2.20. The summed E-state index contributed by atoms with van der Waals surface area (Å²) in [5, 5.41) is 11.3. The van der Waals surface area contributed by atoms with Gasteiger partial charge in [0, 0.05) is 19.2 Å². The number of nitrogens with one attached hydrogen (secondary N) is 1. The first kappa shape index (κ1) is 15.8. The molecule has 0 amide bonds. The molecule has 0 spiro atoms. The molecule has 1 aromatic carbocycles.